The van der Waals surface area contributed by atoms with Gasteiger partial charge in [0.2, 0.25) is 11.8 Å². The van der Waals surface area contributed by atoms with Crippen molar-refractivity contribution in [2.24, 2.45) is 5.92 Å². The molecule has 3 heterocycles. The third-order valence-electron chi connectivity index (χ3n) is 9.19. The monoisotopic (exact) mass is 539 g/mol. The number of amides is 2. The number of hydrogen-bond acceptors (Lipinski definition) is 5. The van der Waals surface area contributed by atoms with Crippen LogP contribution in [0.3, 0.4) is 0 Å². The van der Waals surface area contributed by atoms with Crippen molar-refractivity contribution in [3.63, 3.8) is 0 Å². The van der Waals surface area contributed by atoms with Crippen LogP contribution in [0.2, 0.25) is 0 Å². The van der Waals surface area contributed by atoms with E-state index in [1.54, 1.807) is 0 Å². The van der Waals surface area contributed by atoms with Gasteiger partial charge in [-0.2, -0.15) is 0 Å². The van der Waals surface area contributed by atoms with Crippen molar-refractivity contribution in [2.45, 2.75) is 97.8 Å². The van der Waals surface area contributed by atoms with E-state index in [-0.39, 0.29) is 11.8 Å². The number of fused-ring (bicyclic) bond motifs is 3. The summed E-state index contributed by atoms with van der Waals surface area (Å²) in [4.78, 5) is 38.9. The van der Waals surface area contributed by atoms with Crippen LogP contribution in [0.1, 0.15) is 78.7 Å². The van der Waals surface area contributed by atoms with Crippen LogP contribution in [0.4, 0.5) is 5.69 Å². The number of carbonyl (C=O) groups excluding carboxylic acids is 2. The zero-order valence-corrected chi connectivity index (χ0v) is 25.3. The van der Waals surface area contributed by atoms with Crippen LogP contribution >= 0.6 is 0 Å². The zero-order chi connectivity index (χ0) is 27.9. The molecule has 3 aliphatic heterocycles. The van der Waals surface area contributed by atoms with E-state index in [2.05, 4.69) is 59.4 Å². The summed E-state index contributed by atoms with van der Waals surface area (Å²) in [5, 5.41) is 0. The molecule has 1 aromatic rings. The number of nitrogens with zero attached hydrogens (tertiary/aromatic N) is 5. The van der Waals surface area contributed by atoms with E-state index in [0.717, 1.165) is 69.9 Å². The maximum atomic E-state index is 14.0. The number of benzene rings is 1. The highest BCUT2D eigenvalue weighted by atomic mass is 16.2. The van der Waals surface area contributed by atoms with Crippen LogP contribution in [-0.4, -0.2) is 102 Å². The Hall–Kier alpha value is -1.96. The average molecular weight is 540 g/mol. The first kappa shape index (κ1) is 30.0. The molecule has 2 atom stereocenters. The van der Waals surface area contributed by atoms with Crippen molar-refractivity contribution >= 4 is 17.5 Å². The van der Waals surface area contributed by atoms with E-state index >= 15 is 0 Å². The highest BCUT2D eigenvalue weighted by molar-refractivity contribution is 5.94. The SMILES string of the molecule is CCC(=O)N1CCC2CCCC(CN(C(=O)CN3CCN(C(C)C)CC3)Cc3ccccc31)N2CCC(C)C. The van der Waals surface area contributed by atoms with Gasteiger partial charge in [0, 0.05) is 76.0 Å². The molecule has 0 aromatic heterocycles. The Morgan fingerprint density at radius 3 is 2.31 bits per heavy atom. The molecule has 1 aromatic carbocycles. The van der Waals surface area contributed by atoms with Crippen LogP contribution in [0.5, 0.6) is 0 Å². The molecular weight excluding hydrogens is 486 g/mol. The number of para-hydroxylation sites is 1. The van der Waals surface area contributed by atoms with Crippen LogP contribution in [0, 0.1) is 5.92 Å². The third-order valence-corrected chi connectivity index (χ3v) is 9.19. The molecule has 218 valence electrons. The van der Waals surface area contributed by atoms with Gasteiger partial charge in [-0.3, -0.25) is 24.3 Å². The number of hydrogen-bond donors (Lipinski definition) is 0. The lowest BCUT2D eigenvalue weighted by molar-refractivity contribution is -0.135. The minimum Gasteiger partial charge on any atom is -0.336 e. The maximum Gasteiger partial charge on any atom is 0.237 e. The predicted molar refractivity (Wildman–Crippen MR) is 160 cm³/mol. The molecule has 0 saturated carbocycles. The molecule has 2 amide bonds. The van der Waals surface area contributed by atoms with Gasteiger partial charge in [0.25, 0.3) is 0 Å². The van der Waals surface area contributed by atoms with Crippen LogP contribution < -0.4 is 4.90 Å². The largest absolute Gasteiger partial charge is 0.336 e. The number of piperidine rings is 1. The fourth-order valence-electron chi connectivity index (χ4n) is 6.70. The molecule has 39 heavy (non-hydrogen) atoms. The Labute approximate surface area is 237 Å². The predicted octanol–water partition coefficient (Wildman–Crippen LogP) is 4.46. The molecule has 7 nitrogen and oxygen atoms in total. The molecular formula is C32H53N5O2. The van der Waals surface area contributed by atoms with Gasteiger partial charge in [0.05, 0.1) is 6.54 Å². The Morgan fingerprint density at radius 1 is 0.897 bits per heavy atom. The van der Waals surface area contributed by atoms with Gasteiger partial charge < -0.3 is 9.80 Å². The third kappa shape index (κ3) is 7.83. The van der Waals surface area contributed by atoms with Gasteiger partial charge in [-0.15, -0.1) is 0 Å². The first-order valence-corrected chi connectivity index (χ1v) is 15.6. The summed E-state index contributed by atoms with van der Waals surface area (Å²) in [5.74, 6) is 1.04. The lowest BCUT2D eigenvalue weighted by Gasteiger charge is -2.45. The Bertz CT molecular complexity index is 942. The lowest BCUT2D eigenvalue weighted by Crippen LogP contribution is -2.55. The number of anilines is 1. The highest BCUT2D eigenvalue weighted by Crippen LogP contribution is 2.31. The van der Waals surface area contributed by atoms with E-state index in [0.29, 0.717) is 43.6 Å². The molecule has 2 fully saturated rings. The van der Waals surface area contributed by atoms with Crippen LogP contribution in [0.15, 0.2) is 24.3 Å². The van der Waals surface area contributed by atoms with Crippen molar-refractivity contribution in [2.75, 3.05) is 57.3 Å². The molecule has 2 saturated heterocycles. The average Bonchev–Trinajstić information content (AvgIpc) is 2.93. The standard InChI is InChI=1S/C32H53N5O2/c1-6-31(38)37-17-15-28-11-9-12-29(36(28)16-14-25(2)3)23-35(22-27-10-7-8-13-30(27)37)32(39)24-33-18-20-34(21-19-33)26(4)5/h7-8,10,13,25-26,28-29H,6,9,11-12,14-24H2,1-5H3. The first-order valence-electron chi connectivity index (χ1n) is 15.6. The fourth-order valence-corrected chi connectivity index (χ4v) is 6.70. The minimum atomic E-state index is 0.170. The van der Waals surface area contributed by atoms with Gasteiger partial charge in [-0.1, -0.05) is 45.4 Å². The molecule has 2 unspecified atom stereocenters. The van der Waals surface area contributed by atoms with E-state index in [1.165, 1.54) is 19.3 Å². The number of carbonyl (C=O) groups is 2. The van der Waals surface area contributed by atoms with Gasteiger partial charge >= 0.3 is 0 Å². The summed E-state index contributed by atoms with van der Waals surface area (Å²) >= 11 is 0. The minimum absolute atomic E-state index is 0.170. The topological polar surface area (TPSA) is 50.3 Å². The van der Waals surface area contributed by atoms with Crippen molar-refractivity contribution in [1.82, 2.24) is 19.6 Å². The Balaban J connectivity index is 1.62. The van der Waals surface area contributed by atoms with Crippen LogP contribution in [-0.2, 0) is 16.1 Å². The fraction of sp³-hybridized carbons (Fsp3) is 0.750. The van der Waals surface area contributed by atoms with Gasteiger partial charge in [0.1, 0.15) is 0 Å². The van der Waals surface area contributed by atoms with Crippen molar-refractivity contribution in [3.05, 3.63) is 29.8 Å². The van der Waals surface area contributed by atoms with E-state index in [1.807, 2.05) is 24.0 Å². The second-order valence-electron chi connectivity index (χ2n) is 12.7. The second-order valence-corrected chi connectivity index (χ2v) is 12.7. The zero-order valence-electron chi connectivity index (χ0n) is 25.3. The molecule has 3 aliphatic rings. The molecule has 4 rings (SSSR count). The van der Waals surface area contributed by atoms with E-state index < -0.39 is 0 Å². The lowest BCUT2D eigenvalue weighted by atomic mass is 9.92. The second kappa shape index (κ2) is 14.1. The Morgan fingerprint density at radius 2 is 1.62 bits per heavy atom. The number of rotatable bonds is 7. The molecule has 0 spiro atoms. The molecule has 0 N–H and O–H groups in total. The summed E-state index contributed by atoms with van der Waals surface area (Å²) in [5.41, 5.74) is 2.07. The Kier molecular flexibility index (Phi) is 10.8. The summed E-state index contributed by atoms with van der Waals surface area (Å²) in [6.07, 6.45) is 6.16. The smallest absolute Gasteiger partial charge is 0.237 e. The molecule has 2 bridgehead atoms. The van der Waals surface area contributed by atoms with E-state index in [4.69, 9.17) is 0 Å². The van der Waals surface area contributed by atoms with Crippen molar-refractivity contribution in [3.8, 4) is 0 Å². The van der Waals surface area contributed by atoms with Crippen molar-refractivity contribution in [1.29, 1.82) is 0 Å². The normalized spacial score (nSPS) is 24.1. The summed E-state index contributed by atoms with van der Waals surface area (Å²) in [6.45, 7) is 18.6. The highest BCUT2D eigenvalue weighted by Gasteiger charge is 2.35. The summed E-state index contributed by atoms with van der Waals surface area (Å²) < 4.78 is 0. The molecule has 0 aliphatic carbocycles. The van der Waals surface area contributed by atoms with Crippen LogP contribution in [0.25, 0.3) is 0 Å². The molecule has 7 heteroatoms. The quantitative estimate of drug-likeness (QED) is 0.512. The first-order chi connectivity index (χ1) is 18.8. The van der Waals surface area contributed by atoms with Crippen molar-refractivity contribution < 1.29 is 9.59 Å². The summed E-state index contributed by atoms with van der Waals surface area (Å²) in [7, 11) is 0. The summed E-state index contributed by atoms with van der Waals surface area (Å²) in [6, 6.07) is 9.67. The maximum absolute atomic E-state index is 14.0. The van der Waals surface area contributed by atoms with Gasteiger partial charge in [-0.05, 0) is 63.6 Å². The van der Waals surface area contributed by atoms with E-state index in [9.17, 15) is 9.59 Å². The molecule has 0 radical (unpaired) electrons. The van der Waals surface area contributed by atoms with Gasteiger partial charge in [-0.25, -0.2) is 0 Å². The van der Waals surface area contributed by atoms with Gasteiger partial charge in [0.15, 0.2) is 0 Å². The number of piperazine rings is 1.